The van der Waals surface area contributed by atoms with E-state index in [1.54, 1.807) is 29.2 Å². The van der Waals surface area contributed by atoms with Crippen molar-refractivity contribution in [2.45, 2.75) is 32.1 Å². The summed E-state index contributed by atoms with van der Waals surface area (Å²) in [6.07, 6.45) is 0.0807. The van der Waals surface area contributed by atoms with Crippen molar-refractivity contribution >= 4 is 35.1 Å². The van der Waals surface area contributed by atoms with E-state index in [1.165, 1.54) is 4.90 Å². The molecule has 4 aromatic rings. The Balaban J connectivity index is 1.02. The van der Waals surface area contributed by atoms with Crippen molar-refractivity contribution in [2.24, 2.45) is 17.8 Å². The standard InChI is InChI=1S/C37H30N2O5/c1-20-8-7-9-21(2)34(20)38-19-22(18-29(38)40)37(43)44-24-16-14-23(15-17-24)39-35(41)32-30-25-10-3-4-11-26(25)31(33(32)36(39)42)28-13-6-5-12-27(28)30/h3-17,22,30-33H,18-19H2,1-2H3/t22-,30?,31?,32-,33+/m0/s1. The molecule has 7 nitrogen and oxygen atoms in total. The van der Waals surface area contributed by atoms with Gasteiger partial charge in [0, 0.05) is 30.5 Å². The fourth-order valence-corrected chi connectivity index (χ4v) is 8.11. The fourth-order valence-electron chi connectivity index (χ4n) is 8.11. The molecule has 2 heterocycles. The van der Waals surface area contributed by atoms with Gasteiger partial charge >= 0.3 is 5.97 Å². The first-order chi connectivity index (χ1) is 21.3. The highest BCUT2D eigenvalue weighted by Crippen LogP contribution is 2.61. The number of rotatable bonds is 4. The number of esters is 1. The summed E-state index contributed by atoms with van der Waals surface area (Å²) in [5, 5.41) is 0. The van der Waals surface area contributed by atoms with Gasteiger partial charge in [0.25, 0.3) is 0 Å². The third kappa shape index (κ3) is 3.75. The molecule has 3 aliphatic carbocycles. The average molecular weight is 583 g/mol. The highest BCUT2D eigenvalue weighted by Gasteiger charge is 2.61. The smallest absolute Gasteiger partial charge is 0.316 e. The summed E-state index contributed by atoms with van der Waals surface area (Å²) in [7, 11) is 0. The van der Waals surface area contributed by atoms with Crippen LogP contribution in [-0.4, -0.2) is 30.2 Å². The van der Waals surface area contributed by atoms with Crippen LogP contribution in [0, 0.1) is 31.6 Å². The Bertz CT molecular complexity index is 1760. The van der Waals surface area contributed by atoms with Gasteiger partial charge in [-0.3, -0.25) is 19.2 Å². The zero-order chi connectivity index (χ0) is 30.3. The lowest BCUT2D eigenvalue weighted by Crippen LogP contribution is -2.41. The van der Waals surface area contributed by atoms with Crippen LogP contribution in [0.5, 0.6) is 5.75 Å². The van der Waals surface area contributed by atoms with Crippen LogP contribution in [0.4, 0.5) is 11.4 Å². The predicted octanol–water partition coefficient (Wildman–Crippen LogP) is 5.66. The lowest BCUT2D eigenvalue weighted by atomic mass is 9.55. The molecule has 3 atom stereocenters. The molecule has 44 heavy (non-hydrogen) atoms. The van der Waals surface area contributed by atoms with Crippen molar-refractivity contribution in [3.63, 3.8) is 0 Å². The highest BCUT2D eigenvalue weighted by atomic mass is 16.5. The maximum absolute atomic E-state index is 14.0. The summed E-state index contributed by atoms with van der Waals surface area (Å²) >= 11 is 0. The van der Waals surface area contributed by atoms with Gasteiger partial charge in [0.2, 0.25) is 17.7 Å². The van der Waals surface area contributed by atoms with Gasteiger partial charge in [0.1, 0.15) is 5.75 Å². The van der Waals surface area contributed by atoms with Gasteiger partial charge in [-0.2, -0.15) is 0 Å². The number of hydrogen-bond acceptors (Lipinski definition) is 5. The first-order valence-electron chi connectivity index (χ1n) is 15.1. The number of anilines is 2. The maximum atomic E-state index is 14.0. The highest BCUT2D eigenvalue weighted by molar-refractivity contribution is 6.23. The van der Waals surface area contributed by atoms with Crippen molar-refractivity contribution in [3.8, 4) is 5.75 Å². The van der Waals surface area contributed by atoms with E-state index < -0.39 is 23.7 Å². The van der Waals surface area contributed by atoms with Crippen molar-refractivity contribution in [1.29, 1.82) is 0 Å². The Morgan fingerprint density at radius 1 is 0.682 bits per heavy atom. The Kier molecular flexibility index (Phi) is 5.88. The summed E-state index contributed by atoms with van der Waals surface area (Å²) in [5.41, 5.74) is 7.78. The number of imide groups is 1. The van der Waals surface area contributed by atoms with Crippen LogP contribution >= 0.6 is 0 Å². The maximum Gasteiger partial charge on any atom is 0.316 e. The monoisotopic (exact) mass is 582 g/mol. The van der Waals surface area contributed by atoms with Crippen molar-refractivity contribution < 1.29 is 23.9 Å². The molecule has 0 saturated carbocycles. The molecule has 7 heteroatoms. The minimum Gasteiger partial charge on any atom is -0.426 e. The van der Waals surface area contributed by atoms with Gasteiger partial charge in [0.15, 0.2) is 0 Å². The Morgan fingerprint density at radius 2 is 1.18 bits per heavy atom. The van der Waals surface area contributed by atoms with Crippen molar-refractivity contribution in [3.05, 3.63) is 124 Å². The largest absolute Gasteiger partial charge is 0.426 e. The number of carbonyl (C=O) groups excluding carboxylic acids is 4. The van der Waals surface area contributed by atoms with E-state index in [2.05, 4.69) is 24.3 Å². The summed E-state index contributed by atoms with van der Waals surface area (Å²) in [4.78, 5) is 57.0. The van der Waals surface area contributed by atoms with Crippen molar-refractivity contribution in [1.82, 2.24) is 0 Å². The molecule has 0 unspecified atom stereocenters. The molecule has 218 valence electrons. The van der Waals surface area contributed by atoms with E-state index in [9.17, 15) is 19.2 Å². The molecule has 2 bridgehead atoms. The molecule has 9 rings (SSSR count). The number of carbonyl (C=O) groups is 4. The molecule has 5 aliphatic rings. The van der Waals surface area contributed by atoms with Crippen LogP contribution in [0.2, 0.25) is 0 Å². The number of ether oxygens (including phenoxy) is 1. The quantitative estimate of drug-likeness (QED) is 0.176. The van der Waals surface area contributed by atoms with Crippen LogP contribution in [-0.2, 0) is 19.2 Å². The lowest BCUT2D eigenvalue weighted by molar-refractivity contribution is -0.139. The molecular formula is C37H30N2O5. The van der Waals surface area contributed by atoms with Crippen LogP contribution < -0.4 is 14.5 Å². The number of amides is 3. The van der Waals surface area contributed by atoms with E-state index in [-0.39, 0.29) is 42.5 Å². The van der Waals surface area contributed by atoms with Crippen LogP contribution in [0.15, 0.2) is 91.0 Å². The van der Waals surface area contributed by atoms with Gasteiger partial charge in [-0.05, 0) is 71.5 Å². The Labute approximate surface area is 255 Å². The topological polar surface area (TPSA) is 84.0 Å². The Hall–Kier alpha value is -5.04. The molecule has 4 aromatic carbocycles. The molecule has 2 saturated heterocycles. The number of para-hydroxylation sites is 1. The lowest BCUT2D eigenvalue weighted by Gasteiger charge is -2.45. The van der Waals surface area contributed by atoms with Gasteiger partial charge in [-0.1, -0.05) is 66.7 Å². The summed E-state index contributed by atoms with van der Waals surface area (Å²) in [5.74, 6) is -2.54. The van der Waals surface area contributed by atoms with Gasteiger partial charge in [0.05, 0.1) is 23.4 Å². The molecule has 3 amide bonds. The molecule has 0 aromatic heterocycles. The Morgan fingerprint density at radius 3 is 1.68 bits per heavy atom. The zero-order valence-corrected chi connectivity index (χ0v) is 24.4. The van der Waals surface area contributed by atoms with Crippen LogP contribution in [0.1, 0.15) is 51.6 Å². The van der Waals surface area contributed by atoms with E-state index >= 15 is 0 Å². The SMILES string of the molecule is Cc1cccc(C)c1N1C[C@@H](C(=O)Oc2ccc(N3C(=O)[C@@H]4C5c6ccccc6C(c6ccccc65)[C@@H]4C3=O)cc2)CC1=O. The second-order valence-electron chi connectivity index (χ2n) is 12.3. The fraction of sp³-hybridized carbons (Fsp3) is 0.243. The van der Waals surface area contributed by atoms with Gasteiger partial charge in [-0.25, -0.2) is 4.90 Å². The molecule has 0 radical (unpaired) electrons. The number of aryl methyl sites for hydroxylation is 2. The average Bonchev–Trinajstić information content (AvgIpc) is 3.54. The first kappa shape index (κ1) is 26.6. The second kappa shape index (κ2) is 9.74. The molecule has 0 N–H and O–H groups in total. The normalized spacial score (nSPS) is 24.8. The van der Waals surface area contributed by atoms with Gasteiger partial charge < -0.3 is 9.64 Å². The summed E-state index contributed by atoms with van der Waals surface area (Å²) in [6.45, 7) is 4.17. The first-order valence-corrected chi connectivity index (χ1v) is 15.1. The zero-order valence-electron chi connectivity index (χ0n) is 24.4. The molecule has 0 spiro atoms. The number of nitrogens with zero attached hydrogens (tertiary/aromatic N) is 2. The molecule has 2 aliphatic heterocycles. The minimum atomic E-state index is -0.593. The number of benzene rings is 4. The molecule has 2 fully saturated rings. The van der Waals surface area contributed by atoms with Crippen LogP contribution in [0.3, 0.4) is 0 Å². The minimum absolute atomic E-state index is 0.0807. The number of hydrogen-bond donors (Lipinski definition) is 0. The van der Waals surface area contributed by atoms with E-state index in [0.717, 1.165) is 39.1 Å². The predicted molar refractivity (Wildman–Crippen MR) is 164 cm³/mol. The molecular weight excluding hydrogens is 552 g/mol. The van der Waals surface area contributed by atoms with Gasteiger partial charge in [-0.15, -0.1) is 0 Å². The van der Waals surface area contributed by atoms with Crippen LogP contribution in [0.25, 0.3) is 0 Å². The summed E-state index contributed by atoms with van der Waals surface area (Å²) < 4.78 is 5.68. The van der Waals surface area contributed by atoms with E-state index in [0.29, 0.717) is 11.4 Å². The van der Waals surface area contributed by atoms with E-state index in [4.69, 9.17) is 4.74 Å². The third-order valence-corrected chi connectivity index (χ3v) is 9.93. The van der Waals surface area contributed by atoms with E-state index in [1.807, 2.05) is 56.3 Å². The summed E-state index contributed by atoms with van der Waals surface area (Å²) in [6, 6.07) is 28.7. The third-order valence-electron chi connectivity index (χ3n) is 9.93. The van der Waals surface area contributed by atoms with Crippen molar-refractivity contribution in [2.75, 3.05) is 16.3 Å². The second-order valence-corrected chi connectivity index (χ2v) is 12.3.